The molecule has 0 saturated carbocycles. The Morgan fingerprint density at radius 3 is 1.96 bits per heavy atom. The fraction of sp³-hybridized carbons (Fsp3) is 0.478. The Labute approximate surface area is 164 Å². The van der Waals surface area contributed by atoms with Gasteiger partial charge in [0, 0.05) is 6.42 Å². The summed E-state index contributed by atoms with van der Waals surface area (Å²) in [4.78, 5) is 0. The van der Waals surface area contributed by atoms with Crippen molar-refractivity contribution >= 4 is 18.7 Å². The summed E-state index contributed by atoms with van der Waals surface area (Å²) in [6.45, 7) is 9.51. The van der Waals surface area contributed by atoms with E-state index in [1.807, 2.05) is 0 Å². The molecule has 2 aromatic rings. The lowest BCUT2D eigenvalue weighted by atomic mass is 9.99. The minimum Gasteiger partial charge on any atom is -0.405 e. The number of aliphatic hydroxyl groups excluding tert-OH is 1. The van der Waals surface area contributed by atoms with E-state index in [2.05, 4.69) is 88.4 Å². The Balaban J connectivity index is 2.02. The van der Waals surface area contributed by atoms with E-state index in [9.17, 15) is 5.11 Å². The second-order valence-corrected chi connectivity index (χ2v) is 12.8. The molecule has 0 radical (unpaired) electrons. The molecule has 146 valence electrons. The van der Waals surface area contributed by atoms with Crippen LogP contribution in [0, 0.1) is 5.92 Å². The van der Waals surface area contributed by atoms with Crippen LogP contribution in [0.15, 0.2) is 60.7 Å². The van der Waals surface area contributed by atoms with Gasteiger partial charge in [0.1, 0.15) is 0 Å². The highest BCUT2D eigenvalue weighted by atomic mass is 28.4. The van der Waals surface area contributed by atoms with Crippen LogP contribution in [-0.2, 0) is 9.16 Å². The number of hydrogen-bond donors (Lipinski definition) is 1. The van der Waals surface area contributed by atoms with Crippen LogP contribution in [0.1, 0.15) is 40.5 Å². The van der Waals surface area contributed by atoms with E-state index in [1.165, 1.54) is 10.4 Å². The fourth-order valence-corrected chi connectivity index (χ4v) is 8.92. The topological polar surface area (TPSA) is 38.7 Å². The lowest BCUT2D eigenvalue weighted by Crippen LogP contribution is -2.67. The summed E-state index contributed by atoms with van der Waals surface area (Å²) in [6, 6.07) is 21.3. The maximum atomic E-state index is 9.96. The van der Waals surface area contributed by atoms with Gasteiger partial charge in [0.05, 0.1) is 12.7 Å². The Morgan fingerprint density at radius 1 is 1.00 bits per heavy atom. The highest BCUT2D eigenvalue weighted by Gasteiger charge is 2.51. The zero-order chi connectivity index (χ0) is 19.5. The number of ether oxygens (including phenoxy) is 1. The van der Waals surface area contributed by atoms with Crippen molar-refractivity contribution in [1.82, 2.24) is 0 Å². The third kappa shape index (κ3) is 4.04. The number of hydrogen-bond acceptors (Lipinski definition) is 3. The number of benzene rings is 2. The molecule has 3 rings (SSSR count). The maximum absolute atomic E-state index is 9.96. The Bertz CT molecular complexity index is 672. The zero-order valence-electron chi connectivity index (χ0n) is 16.9. The first-order valence-corrected chi connectivity index (χ1v) is 11.9. The van der Waals surface area contributed by atoms with Gasteiger partial charge in [-0.1, -0.05) is 94.8 Å². The standard InChI is InChI=1S/C23H32O3Si/c1-5-18-16-22(24)26-21(18)17-25-27(23(2,3)4,19-12-8-6-9-13-19)20-14-10-7-11-15-20/h6-15,18,21-22,24H,5,16-17H2,1-4H3/t18-,21+,22+/m0/s1. The predicted molar refractivity (Wildman–Crippen MR) is 113 cm³/mol. The van der Waals surface area contributed by atoms with Crippen LogP contribution >= 0.6 is 0 Å². The quantitative estimate of drug-likeness (QED) is 0.772. The molecule has 27 heavy (non-hydrogen) atoms. The summed E-state index contributed by atoms with van der Waals surface area (Å²) < 4.78 is 12.7. The molecule has 0 bridgehead atoms. The average molecular weight is 385 g/mol. The summed E-state index contributed by atoms with van der Waals surface area (Å²) >= 11 is 0. The molecule has 1 saturated heterocycles. The van der Waals surface area contributed by atoms with Gasteiger partial charge in [-0.15, -0.1) is 0 Å². The van der Waals surface area contributed by atoms with Gasteiger partial charge in [0.2, 0.25) is 0 Å². The Hall–Kier alpha value is -1.46. The molecule has 0 unspecified atom stereocenters. The van der Waals surface area contributed by atoms with Gasteiger partial charge < -0.3 is 14.3 Å². The first-order chi connectivity index (χ1) is 12.9. The average Bonchev–Trinajstić information content (AvgIpc) is 3.03. The van der Waals surface area contributed by atoms with Gasteiger partial charge in [-0.2, -0.15) is 0 Å². The van der Waals surface area contributed by atoms with Gasteiger partial charge in [0.15, 0.2) is 6.29 Å². The molecule has 1 aliphatic rings. The van der Waals surface area contributed by atoms with Gasteiger partial charge >= 0.3 is 0 Å². The predicted octanol–water partition coefficient (Wildman–Crippen LogP) is 3.70. The first kappa shape index (κ1) is 20.3. The molecule has 2 aromatic carbocycles. The molecule has 0 spiro atoms. The van der Waals surface area contributed by atoms with E-state index >= 15 is 0 Å². The maximum Gasteiger partial charge on any atom is 0.261 e. The Morgan fingerprint density at radius 2 is 1.52 bits per heavy atom. The summed E-state index contributed by atoms with van der Waals surface area (Å²) in [5, 5.41) is 12.5. The molecule has 0 amide bonds. The molecule has 3 atom stereocenters. The van der Waals surface area contributed by atoms with Crippen molar-refractivity contribution in [3.05, 3.63) is 60.7 Å². The van der Waals surface area contributed by atoms with Crippen LogP contribution in [0.3, 0.4) is 0 Å². The van der Waals surface area contributed by atoms with Crippen molar-refractivity contribution in [2.75, 3.05) is 6.61 Å². The van der Waals surface area contributed by atoms with E-state index in [1.54, 1.807) is 0 Å². The Kier molecular flexibility index (Phi) is 6.21. The van der Waals surface area contributed by atoms with E-state index in [0.29, 0.717) is 18.9 Å². The monoisotopic (exact) mass is 384 g/mol. The molecule has 1 heterocycles. The van der Waals surface area contributed by atoms with Crippen molar-refractivity contribution < 1.29 is 14.3 Å². The minimum atomic E-state index is -2.54. The van der Waals surface area contributed by atoms with Crippen LogP contribution in [-0.4, -0.2) is 32.4 Å². The van der Waals surface area contributed by atoms with Gasteiger partial charge in [-0.3, -0.25) is 0 Å². The molecular formula is C23H32O3Si. The van der Waals surface area contributed by atoms with Gasteiger partial charge in [-0.25, -0.2) is 0 Å². The fourth-order valence-electron chi connectivity index (χ4n) is 4.35. The van der Waals surface area contributed by atoms with Crippen LogP contribution in [0.2, 0.25) is 5.04 Å². The molecule has 1 aliphatic heterocycles. The van der Waals surface area contributed by atoms with Crippen molar-refractivity contribution in [3.8, 4) is 0 Å². The van der Waals surface area contributed by atoms with Crippen LogP contribution in [0.4, 0.5) is 0 Å². The van der Waals surface area contributed by atoms with Crippen LogP contribution in [0.5, 0.6) is 0 Å². The third-order valence-corrected chi connectivity index (χ3v) is 10.8. The van der Waals surface area contributed by atoms with E-state index in [4.69, 9.17) is 9.16 Å². The normalized spacial score (nSPS) is 23.5. The van der Waals surface area contributed by atoms with Gasteiger partial charge in [-0.05, 0) is 21.3 Å². The summed E-state index contributed by atoms with van der Waals surface area (Å²) in [7, 11) is -2.54. The molecule has 0 aromatic heterocycles. The largest absolute Gasteiger partial charge is 0.405 e. The summed E-state index contributed by atoms with van der Waals surface area (Å²) in [5.41, 5.74) is 0. The lowest BCUT2D eigenvalue weighted by Gasteiger charge is -2.43. The number of rotatable bonds is 6. The second-order valence-electron chi connectivity index (χ2n) is 8.51. The smallest absolute Gasteiger partial charge is 0.261 e. The summed E-state index contributed by atoms with van der Waals surface area (Å²) in [6.07, 6.45) is 0.978. The van der Waals surface area contributed by atoms with Crippen molar-refractivity contribution in [3.63, 3.8) is 0 Å². The van der Waals surface area contributed by atoms with E-state index < -0.39 is 14.6 Å². The highest BCUT2D eigenvalue weighted by Crippen LogP contribution is 2.38. The second kappa shape index (κ2) is 8.27. The van der Waals surface area contributed by atoms with Crippen LogP contribution < -0.4 is 10.4 Å². The molecule has 1 fully saturated rings. The molecule has 3 nitrogen and oxygen atoms in total. The van der Waals surface area contributed by atoms with E-state index in [0.717, 1.165) is 6.42 Å². The SMILES string of the molecule is CC[C@H]1C[C@H](O)O[C@@H]1CO[Si](c1ccccc1)(c1ccccc1)C(C)(C)C. The van der Waals surface area contributed by atoms with Crippen molar-refractivity contribution in [1.29, 1.82) is 0 Å². The first-order valence-electron chi connectivity index (χ1n) is 9.97. The van der Waals surface area contributed by atoms with Crippen molar-refractivity contribution in [2.45, 2.75) is 58.0 Å². The molecule has 1 N–H and O–H groups in total. The molecule has 4 heteroatoms. The lowest BCUT2D eigenvalue weighted by molar-refractivity contribution is -0.102. The van der Waals surface area contributed by atoms with E-state index in [-0.39, 0.29) is 11.1 Å². The zero-order valence-corrected chi connectivity index (χ0v) is 17.9. The minimum absolute atomic E-state index is 0.0470. The summed E-state index contributed by atoms with van der Waals surface area (Å²) in [5.74, 6) is 0.346. The van der Waals surface area contributed by atoms with Gasteiger partial charge in [0.25, 0.3) is 8.32 Å². The third-order valence-electron chi connectivity index (χ3n) is 5.77. The number of aliphatic hydroxyl groups is 1. The van der Waals surface area contributed by atoms with Crippen molar-refractivity contribution in [2.24, 2.45) is 5.92 Å². The molecule has 0 aliphatic carbocycles. The highest BCUT2D eigenvalue weighted by molar-refractivity contribution is 6.99. The molecular weight excluding hydrogens is 352 g/mol. The van der Waals surface area contributed by atoms with Crippen LogP contribution in [0.25, 0.3) is 0 Å².